The topological polar surface area (TPSA) is 26.3 Å². The summed E-state index contributed by atoms with van der Waals surface area (Å²) in [6.07, 6.45) is 1.68. The van der Waals surface area contributed by atoms with Crippen molar-refractivity contribution in [3.05, 3.63) is 47.8 Å². The molecule has 0 N–H and O–H groups in total. The molecule has 13 heavy (non-hydrogen) atoms. The van der Waals surface area contributed by atoms with E-state index in [1.807, 2.05) is 31.2 Å². The van der Waals surface area contributed by atoms with Gasteiger partial charge in [-0.05, 0) is 38.1 Å². The van der Waals surface area contributed by atoms with E-state index >= 15 is 0 Å². The molecule has 0 spiro atoms. The van der Waals surface area contributed by atoms with Gasteiger partial charge in [-0.15, -0.1) is 0 Å². The summed E-state index contributed by atoms with van der Waals surface area (Å²) in [5.74, 6) is 3.03. The first-order chi connectivity index (χ1) is 6.27. The van der Waals surface area contributed by atoms with Crippen LogP contribution in [-0.2, 0) is 0 Å². The molecule has 0 aliphatic carbocycles. The molecule has 2 rings (SSSR count). The Balaban J connectivity index is 2.28. The lowest BCUT2D eigenvalue weighted by atomic mass is 10.1. The molecule has 2 heteroatoms. The molecule has 0 saturated heterocycles. The molecule has 0 saturated carbocycles. The second-order valence-corrected chi connectivity index (χ2v) is 3.19. The van der Waals surface area contributed by atoms with Crippen LogP contribution in [0.15, 0.2) is 39.4 Å². The van der Waals surface area contributed by atoms with Crippen molar-refractivity contribution in [2.45, 2.75) is 19.8 Å². The quantitative estimate of drug-likeness (QED) is 0.701. The molecule has 0 radical (unpaired) electrons. The van der Waals surface area contributed by atoms with Gasteiger partial charge in [0.05, 0.1) is 12.2 Å². The second kappa shape index (κ2) is 3.13. The van der Waals surface area contributed by atoms with Crippen molar-refractivity contribution in [3.63, 3.8) is 0 Å². The van der Waals surface area contributed by atoms with E-state index in [0.29, 0.717) is 0 Å². The summed E-state index contributed by atoms with van der Waals surface area (Å²) in [7, 11) is 0. The van der Waals surface area contributed by atoms with E-state index in [-0.39, 0.29) is 5.92 Å². The number of aryl methyl sites for hydroxylation is 1. The minimum Gasteiger partial charge on any atom is -0.469 e. The van der Waals surface area contributed by atoms with Gasteiger partial charge in [-0.25, -0.2) is 0 Å². The summed E-state index contributed by atoms with van der Waals surface area (Å²) in [5, 5.41) is 0. The molecule has 2 heterocycles. The fourth-order valence-corrected chi connectivity index (χ4v) is 1.36. The van der Waals surface area contributed by atoms with E-state index in [9.17, 15) is 0 Å². The highest BCUT2D eigenvalue weighted by atomic mass is 16.4. The van der Waals surface area contributed by atoms with Crippen LogP contribution < -0.4 is 0 Å². The summed E-state index contributed by atoms with van der Waals surface area (Å²) in [4.78, 5) is 0. The SMILES string of the molecule is Cc1ccc(C(C)c2ccco2)o1. The highest BCUT2D eigenvalue weighted by Crippen LogP contribution is 2.25. The summed E-state index contributed by atoms with van der Waals surface area (Å²) in [6.45, 7) is 4.01. The number of hydrogen-bond donors (Lipinski definition) is 0. The minimum atomic E-state index is 0.198. The first kappa shape index (κ1) is 8.17. The molecule has 2 aromatic rings. The third-order valence-electron chi connectivity index (χ3n) is 2.16. The van der Waals surface area contributed by atoms with E-state index in [2.05, 4.69) is 6.92 Å². The zero-order chi connectivity index (χ0) is 9.26. The van der Waals surface area contributed by atoms with Gasteiger partial charge >= 0.3 is 0 Å². The zero-order valence-corrected chi connectivity index (χ0v) is 7.78. The van der Waals surface area contributed by atoms with Crippen molar-refractivity contribution < 1.29 is 8.83 Å². The molecular weight excluding hydrogens is 164 g/mol. The molecule has 2 aromatic heterocycles. The molecule has 0 amide bonds. The average molecular weight is 176 g/mol. The number of hydrogen-bond acceptors (Lipinski definition) is 2. The third kappa shape index (κ3) is 1.52. The number of furan rings is 2. The lowest BCUT2D eigenvalue weighted by Crippen LogP contribution is -1.90. The van der Waals surface area contributed by atoms with Crippen LogP contribution in [0.4, 0.5) is 0 Å². The van der Waals surface area contributed by atoms with Gasteiger partial charge in [-0.3, -0.25) is 0 Å². The maximum Gasteiger partial charge on any atom is 0.114 e. The first-order valence-corrected chi connectivity index (χ1v) is 4.37. The summed E-state index contributed by atoms with van der Waals surface area (Å²) in [5.41, 5.74) is 0. The van der Waals surface area contributed by atoms with Crippen molar-refractivity contribution in [1.29, 1.82) is 0 Å². The fraction of sp³-hybridized carbons (Fsp3) is 0.273. The highest BCUT2D eigenvalue weighted by molar-refractivity contribution is 5.19. The van der Waals surface area contributed by atoms with Crippen molar-refractivity contribution in [2.24, 2.45) is 0 Å². The summed E-state index contributed by atoms with van der Waals surface area (Å²) in [6, 6.07) is 7.81. The van der Waals surface area contributed by atoms with E-state index in [1.165, 1.54) is 0 Å². The highest BCUT2D eigenvalue weighted by Gasteiger charge is 2.13. The van der Waals surface area contributed by atoms with Gasteiger partial charge in [0.15, 0.2) is 0 Å². The van der Waals surface area contributed by atoms with Gasteiger partial charge in [-0.2, -0.15) is 0 Å². The molecule has 0 bridgehead atoms. The van der Waals surface area contributed by atoms with Crippen LogP contribution in [0, 0.1) is 6.92 Å². The van der Waals surface area contributed by atoms with E-state index in [0.717, 1.165) is 17.3 Å². The van der Waals surface area contributed by atoms with Gasteiger partial charge in [-0.1, -0.05) is 0 Å². The van der Waals surface area contributed by atoms with Crippen LogP contribution in [0.3, 0.4) is 0 Å². The van der Waals surface area contributed by atoms with Crippen LogP contribution in [0.2, 0.25) is 0 Å². The van der Waals surface area contributed by atoms with Gasteiger partial charge < -0.3 is 8.83 Å². The van der Waals surface area contributed by atoms with Crippen molar-refractivity contribution >= 4 is 0 Å². The van der Waals surface area contributed by atoms with Crippen molar-refractivity contribution in [1.82, 2.24) is 0 Å². The normalized spacial score (nSPS) is 13.1. The smallest absolute Gasteiger partial charge is 0.114 e. The molecule has 0 fully saturated rings. The lowest BCUT2D eigenvalue weighted by molar-refractivity contribution is 0.428. The summed E-state index contributed by atoms with van der Waals surface area (Å²) < 4.78 is 10.8. The first-order valence-electron chi connectivity index (χ1n) is 4.37. The predicted octanol–water partition coefficient (Wildman–Crippen LogP) is 3.33. The van der Waals surface area contributed by atoms with Crippen molar-refractivity contribution in [2.75, 3.05) is 0 Å². The van der Waals surface area contributed by atoms with Gasteiger partial charge in [0.1, 0.15) is 17.3 Å². The second-order valence-electron chi connectivity index (χ2n) is 3.19. The average Bonchev–Trinajstić information content (AvgIpc) is 2.72. The van der Waals surface area contributed by atoms with Crippen LogP contribution in [0.5, 0.6) is 0 Å². The molecular formula is C11H12O2. The molecule has 0 aromatic carbocycles. The van der Waals surface area contributed by atoms with Crippen LogP contribution in [0.1, 0.15) is 30.1 Å². The standard InChI is InChI=1S/C11H12O2/c1-8-5-6-11(13-8)9(2)10-4-3-7-12-10/h3-7,9H,1-2H3. The van der Waals surface area contributed by atoms with Gasteiger partial charge in [0, 0.05) is 0 Å². The zero-order valence-electron chi connectivity index (χ0n) is 7.78. The maximum absolute atomic E-state index is 5.51. The molecule has 1 unspecified atom stereocenters. The van der Waals surface area contributed by atoms with Crippen LogP contribution in [0.25, 0.3) is 0 Å². The Labute approximate surface area is 77.2 Å². The van der Waals surface area contributed by atoms with Gasteiger partial charge in [0.25, 0.3) is 0 Å². The minimum absolute atomic E-state index is 0.198. The van der Waals surface area contributed by atoms with E-state index in [1.54, 1.807) is 6.26 Å². The lowest BCUT2D eigenvalue weighted by Gasteiger charge is -2.03. The Morgan fingerprint density at radius 2 is 2.00 bits per heavy atom. The molecule has 68 valence electrons. The molecule has 0 aliphatic rings. The largest absolute Gasteiger partial charge is 0.469 e. The number of rotatable bonds is 2. The Kier molecular flexibility index (Phi) is 1.97. The predicted molar refractivity (Wildman–Crippen MR) is 49.7 cm³/mol. The molecule has 2 nitrogen and oxygen atoms in total. The van der Waals surface area contributed by atoms with Gasteiger partial charge in [0.2, 0.25) is 0 Å². The van der Waals surface area contributed by atoms with Crippen LogP contribution in [-0.4, -0.2) is 0 Å². The van der Waals surface area contributed by atoms with E-state index in [4.69, 9.17) is 8.83 Å². The molecule has 0 aliphatic heterocycles. The van der Waals surface area contributed by atoms with Crippen LogP contribution >= 0.6 is 0 Å². The Hall–Kier alpha value is -1.44. The monoisotopic (exact) mass is 176 g/mol. The fourth-order valence-electron chi connectivity index (χ4n) is 1.36. The third-order valence-corrected chi connectivity index (χ3v) is 2.16. The summed E-state index contributed by atoms with van der Waals surface area (Å²) >= 11 is 0. The molecule has 1 atom stereocenters. The Bertz CT molecular complexity index is 370. The Morgan fingerprint density at radius 1 is 1.15 bits per heavy atom. The van der Waals surface area contributed by atoms with Crippen molar-refractivity contribution in [3.8, 4) is 0 Å². The Morgan fingerprint density at radius 3 is 2.54 bits per heavy atom. The van der Waals surface area contributed by atoms with E-state index < -0.39 is 0 Å². The maximum atomic E-state index is 5.51.